The zero-order valence-electron chi connectivity index (χ0n) is 12.0. The monoisotopic (exact) mass is 266 g/mol. The number of pyridine rings is 1. The molecular weight excluding hydrogens is 244 g/mol. The van der Waals surface area contributed by atoms with E-state index in [0.29, 0.717) is 24.9 Å². The third-order valence-corrected chi connectivity index (χ3v) is 2.54. The highest BCUT2D eigenvalue weighted by Gasteiger charge is 2.08. The number of hydrogen-bond donors (Lipinski definition) is 1. The summed E-state index contributed by atoms with van der Waals surface area (Å²) < 4.78 is 10.2. The standard InChI is InChI=1S/C14H22N2O3/c1-10(2)15-9-12-13(6-5-11(3)16-12)19-8-7-14(17)18-4/h5-6,10,15H,7-9H2,1-4H3. The van der Waals surface area contributed by atoms with Crippen molar-refractivity contribution >= 4 is 5.97 Å². The van der Waals surface area contributed by atoms with Crippen LogP contribution in [0.4, 0.5) is 0 Å². The molecule has 0 unspecified atom stereocenters. The zero-order chi connectivity index (χ0) is 14.3. The Labute approximate surface area is 114 Å². The van der Waals surface area contributed by atoms with Crippen molar-refractivity contribution in [3.8, 4) is 5.75 Å². The quantitative estimate of drug-likeness (QED) is 0.763. The van der Waals surface area contributed by atoms with Gasteiger partial charge in [-0.25, -0.2) is 0 Å². The van der Waals surface area contributed by atoms with Crippen molar-refractivity contribution in [1.29, 1.82) is 0 Å². The van der Waals surface area contributed by atoms with Gasteiger partial charge in [-0.1, -0.05) is 13.8 Å². The van der Waals surface area contributed by atoms with Crippen LogP contribution in [0.3, 0.4) is 0 Å². The molecule has 1 heterocycles. The number of ether oxygens (including phenoxy) is 2. The van der Waals surface area contributed by atoms with Crippen molar-refractivity contribution in [3.63, 3.8) is 0 Å². The summed E-state index contributed by atoms with van der Waals surface area (Å²) in [6.07, 6.45) is 0.238. The van der Waals surface area contributed by atoms with Crippen LogP contribution < -0.4 is 10.1 Å². The molecule has 19 heavy (non-hydrogen) atoms. The average Bonchev–Trinajstić information content (AvgIpc) is 2.38. The molecule has 0 spiro atoms. The molecular formula is C14H22N2O3. The first-order valence-electron chi connectivity index (χ1n) is 6.42. The molecule has 0 aliphatic carbocycles. The number of aryl methyl sites for hydroxylation is 1. The minimum atomic E-state index is -0.276. The fourth-order valence-electron chi connectivity index (χ4n) is 1.50. The molecule has 0 bridgehead atoms. The highest BCUT2D eigenvalue weighted by Crippen LogP contribution is 2.17. The largest absolute Gasteiger partial charge is 0.491 e. The van der Waals surface area contributed by atoms with Gasteiger partial charge in [0.25, 0.3) is 0 Å². The molecule has 0 aliphatic rings. The molecule has 1 aromatic rings. The molecule has 0 aromatic carbocycles. The molecule has 0 atom stereocenters. The van der Waals surface area contributed by atoms with Crippen LogP contribution in [0.25, 0.3) is 0 Å². The highest BCUT2D eigenvalue weighted by atomic mass is 16.5. The number of hydrogen-bond acceptors (Lipinski definition) is 5. The lowest BCUT2D eigenvalue weighted by molar-refractivity contribution is -0.141. The number of rotatable bonds is 7. The molecule has 5 heteroatoms. The Morgan fingerprint density at radius 1 is 1.42 bits per heavy atom. The van der Waals surface area contributed by atoms with E-state index in [1.165, 1.54) is 7.11 Å². The summed E-state index contributed by atoms with van der Waals surface area (Å²) in [6.45, 7) is 7.04. The molecule has 5 nitrogen and oxygen atoms in total. The van der Waals surface area contributed by atoms with Crippen LogP contribution in [0.15, 0.2) is 12.1 Å². The highest BCUT2D eigenvalue weighted by molar-refractivity contribution is 5.69. The van der Waals surface area contributed by atoms with E-state index in [4.69, 9.17) is 4.74 Å². The Bertz CT molecular complexity index is 419. The molecule has 0 radical (unpaired) electrons. The van der Waals surface area contributed by atoms with Gasteiger partial charge >= 0.3 is 5.97 Å². The number of aromatic nitrogens is 1. The number of methoxy groups -OCH3 is 1. The van der Waals surface area contributed by atoms with Crippen LogP contribution in [0.2, 0.25) is 0 Å². The van der Waals surface area contributed by atoms with E-state index >= 15 is 0 Å². The maximum Gasteiger partial charge on any atom is 0.308 e. The Hall–Kier alpha value is -1.62. The molecule has 0 amide bonds. The van der Waals surface area contributed by atoms with Gasteiger partial charge in [-0.2, -0.15) is 0 Å². The maximum atomic E-state index is 11.0. The minimum absolute atomic E-state index is 0.238. The number of esters is 1. The van der Waals surface area contributed by atoms with E-state index in [0.717, 1.165) is 11.4 Å². The summed E-state index contributed by atoms with van der Waals surface area (Å²) in [5.74, 6) is 0.435. The van der Waals surface area contributed by atoms with Crippen molar-refractivity contribution in [2.75, 3.05) is 13.7 Å². The van der Waals surface area contributed by atoms with Gasteiger partial charge < -0.3 is 14.8 Å². The van der Waals surface area contributed by atoms with Gasteiger partial charge in [-0.3, -0.25) is 9.78 Å². The zero-order valence-corrected chi connectivity index (χ0v) is 12.0. The SMILES string of the molecule is COC(=O)CCOc1ccc(C)nc1CNC(C)C. The van der Waals surface area contributed by atoms with Crippen molar-refractivity contribution < 1.29 is 14.3 Å². The second-order valence-corrected chi connectivity index (χ2v) is 4.61. The van der Waals surface area contributed by atoms with E-state index < -0.39 is 0 Å². The van der Waals surface area contributed by atoms with Crippen LogP contribution in [-0.4, -0.2) is 30.7 Å². The molecule has 0 aliphatic heterocycles. The molecule has 0 saturated carbocycles. The Morgan fingerprint density at radius 3 is 2.79 bits per heavy atom. The predicted molar refractivity (Wildman–Crippen MR) is 73.1 cm³/mol. The van der Waals surface area contributed by atoms with Gasteiger partial charge in [0.15, 0.2) is 0 Å². The molecule has 1 N–H and O–H groups in total. The lowest BCUT2D eigenvalue weighted by Gasteiger charge is -2.13. The van der Waals surface area contributed by atoms with Crippen molar-refractivity contribution in [1.82, 2.24) is 10.3 Å². The lowest BCUT2D eigenvalue weighted by Crippen LogP contribution is -2.23. The normalized spacial score (nSPS) is 10.6. The number of carbonyl (C=O) groups excluding carboxylic acids is 1. The van der Waals surface area contributed by atoms with E-state index in [9.17, 15) is 4.79 Å². The van der Waals surface area contributed by atoms with Gasteiger partial charge in [-0.05, 0) is 19.1 Å². The fraction of sp³-hybridized carbons (Fsp3) is 0.571. The predicted octanol–water partition coefficient (Wildman–Crippen LogP) is 1.83. The van der Waals surface area contributed by atoms with E-state index in [1.54, 1.807) is 0 Å². The van der Waals surface area contributed by atoms with Crippen molar-refractivity contribution in [2.24, 2.45) is 0 Å². The van der Waals surface area contributed by atoms with E-state index in [-0.39, 0.29) is 12.4 Å². The Kier molecular flexibility index (Phi) is 6.29. The summed E-state index contributed by atoms with van der Waals surface area (Å²) in [5.41, 5.74) is 1.81. The van der Waals surface area contributed by atoms with Crippen LogP contribution in [0.5, 0.6) is 5.75 Å². The maximum absolute atomic E-state index is 11.0. The molecule has 0 fully saturated rings. The van der Waals surface area contributed by atoms with Gasteiger partial charge in [0.2, 0.25) is 0 Å². The van der Waals surface area contributed by atoms with Crippen LogP contribution in [0.1, 0.15) is 31.7 Å². The lowest BCUT2D eigenvalue weighted by atomic mass is 10.2. The van der Waals surface area contributed by atoms with Crippen LogP contribution >= 0.6 is 0 Å². The molecule has 106 valence electrons. The summed E-state index contributed by atoms with van der Waals surface area (Å²) in [5, 5.41) is 3.31. The smallest absolute Gasteiger partial charge is 0.308 e. The van der Waals surface area contributed by atoms with E-state index in [1.807, 2.05) is 19.1 Å². The first-order valence-corrected chi connectivity index (χ1v) is 6.42. The van der Waals surface area contributed by atoms with Gasteiger partial charge in [0, 0.05) is 18.3 Å². The number of carbonyl (C=O) groups is 1. The van der Waals surface area contributed by atoms with Crippen molar-refractivity contribution in [3.05, 3.63) is 23.5 Å². The Balaban J connectivity index is 2.62. The third kappa shape index (κ3) is 5.70. The number of nitrogens with zero attached hydrogens (tertiary/aromatic N) is 1. The number of nitrogens with one attached hydrogen (secondary N) is 1. The summed E-state index contributed by atoms with van der Waals surface area (Å²) in [6, 6.07) is 4.16. The van der Waals surface area contributed by atoms with Gasteiger partial charge in [-0.15, -0.1) is 0 Å². The second kappa shape index (κ2) is 7.74. The summed E-state index contributed by atoms with van der Waals surface area (Å²) >= 11 is 0. The van der Waals surface area contributed by atoms with Crippen LogP contribution in [0, 0.1) is 6.92 Å². The van der Waals surface area contributed by atoms with Crippen molar-refractivity contribution in [2.45, 2.75) is 39.8 Å². The minimum Gasteiger partial charge on any atom is -0.491 e. The fourth-order valence-corrected chi connectivity index (χ4v) is 1.50. The molecule has 1 aromatic heterocycles. The van der Waals surface area contributed by atoms with E-state index in [2.05, 4.69) is 28.9 Å². The summed E-state index contributed by atoms with van der Waals surface area (Å²) in [4.78, 5) is 15.5. The third-order valence-electron chi connectivity index (χ3n) is 2.54. The second-order valence-electron chi connectivity index (χ2n) is 4.61. The topological polar surface area (TPSA) is 60.5 Å². The van der Waals surface area contributed by atoms with Crippen LogP contribution in [-0.2, 0) is 16.1 Å². The Morgan fingerprint density at radius 2 is 2.16 bits per heavy atom. The molecule has 0 saturated heterocycles. The first kappa shape index (κ1) is 15.4. The van der Waals surface area contributed by atoms with Gasteiger partial charge in [0.05, 0.1) is 25.8 Å². The first-order chi connectivity index (χ1) is 9.02. The average molecular weight is 266 g/mol. The summed E-state index contributed by atoms with van der Waals surface area (Å²) in [7, 11) is 1.37. The molecule has 1 rings (SSSR count). The van der Waals surface area contributed by atoms with Gasteiger partial charge in [0.1, 0.15) is 5.75 Å².